The Kier molecular flexibility index (Phi) is 7.45. The van der Waals surface area contributed by atoms with Crippen LogP contribution >= 0.6 is 11.6 Å². The second-order valence-corrected chi connectivity index (χ2v) is 9.37. The molecule has 3 aromatic rings. The summed E-state index contributed by atoms with van der Waals surface area (Å²) in [5.41, 5.74) is 0.822. The van der Waals surface area contributed by atoms with Gasteiger partial charge in [-0.25, -0.2) is 13.2 Å². The largest absolute Gasteiger partial charge is 0.466 e. The van der Waals surface area contributed by atoms with Crippen molar-refractivity contribution in [2.24, 2.45) is 0 Å². The van der Waals surface area contributed by atoms with Crippen LogP contribution in [0, 0.1) is 13.8 Å². The van der Waals surface area contributed by atoms with E-state index < -0.39 is 28.5 Å². The average molecular weight is 491 g/mol. The van der Waals surface area contributed by atoms with Crippen molar-refractivity contribution >= 4 is 44.9 Å². The normalized spacial score (nSPS) is 11.2. The molecule has 1 N–H and O–H groups in total. The van der Waals surface area contributed by atoms with Crippen molar-refractivity contribution in [1.82, 2.24) is 0 Å². The standard InChI is InChI=1S/C23H23ClN2O6S/c1-4-26(17-8-6-5-7-9-17)33(29,30)18-10-11-20(24)21(13-18)25-22(27)14-31-23(28)19-12-15(2)32-16(19)3/h5-13H,4,14H2,1-3H3,(H,25,27). The number of para-hydroxylation sites is 1. The molecule has 0 unspecified atom stereocenters. The summed E-state index contributed by atoms with van der Waals surface area (Å²) >= 11 is 6.16. The fourth-order valence-electron chi connectivity index (χ4n) is 3.20. The van der Waals surface area contributed by atoms with Gasteiger partial charge >= 0.3 is 5.97 Å². The number of benzene rings is 2. The summed E-state index contributed by atoms with van der Waals surface area (Å²) in [6.45, 7) is 4.66. The number of amides is 1. The van der Waals surface area contributed by atoms with Crippen molar-refractivity contribution in [1.29, 1.82) is 0 Å². The van der Waals surface area contributed by atoms with Gasteiger partial charge in [-0.3, -0.25) is 9.10 Å². The minimum absolute atomic E-state index is 0.0469. The Bertz CT molecular complexity index is 1270. The summed E-state index contributed by atoms with van der Waals surface area (Å²) in [7, 11) is -3.92. The van der Waals surface area contributed by atoms with E-state index in [-0.39, 0.29) is 27.7 Å². The number of furan rings is 1. The van der Waals surface area contributed by atoms with Crippen molar-refractivity contribution in [2.75, 3.05) is 22.8 Å². The second kappa shape index (κ2) is 10.1. The lowest BCUT2D eigenvalue weighted by molar-refractivity contribution is -0.119. The third kappa shape index (κ3) is 5.55. The number of carbonyl (C=O) groups excluding carboxylic acids is 2. The van der Waals surface area contributed by atoms with Crippen molar-refractivity contribution in [3.05, 3.63) is 76.7 Å². The predicted molar refractivity (Wildman–Crippen MR) is 125 cm³/mol. The maximum atomic E-state index is 13.2. The minimum Gasteiger partial charge on any atom is -0.466 e. The van der Waals surface area contributed by atoms with Gasteiger partial charge in [0.25, 0.3) is 15.9 Å². The Morgan fingerprint density at radius 1 is 1.09 bits per heavy atom. The zero-order chi connectivity index (χ0) is 24.2. The quantitative estimate of drug-likeness (QED) is 0.464. The average Bonchev–Trinajstić information content (AvgIpc) is 3.12. The smallest absolute Gasteiger partial charge is 0.342 e. The lowest BCUT2D eigenvalue weighted by Crippen LogP contribution is -2.30. The van der Waals surface area contributed by atoms with Crippen LogP contribution in [-0.4, -0.2) is 33.4 Å². The number of esters is 1. The minimum atomic E-state index is -3.92. The van der Waals surface area contributed by atoms with Crippen LogP contribution in [0.1, 0.15) is 28.8 Å². The highest BCUT2D eigenvalue weighted by Crippen LogP contribution is 2.29. The lowest BCUT2D eigenvalue weighted by Gasteiger charge is -2.23. The second-order valence-electron chi connectivity index (χ2n) is 7.10. The van der Waals surface area contributed by atoms with Gasteiger partial charge in [0.1, 0.15) is 17.1 Å². The zero-order valence-corrected chi connectivity index (χ0v) is 19.9. The molecular formula is C23H23ClN2O6S. The molecule has 0 spiro atoms. The van der Waals surface area contributed by atoms with Crippen LogP contribution in [0.4, 0.5) is 11.4 Å². The number of halogens is 1. The third-order valence-corrected chi connectivity index (χ3v) is 6.96. The van der Waals surface area contributed by atoms with E-state index in [4.69, 9.17) is 20.8 Å². The molecule has 0 fully saturated rings. The Balaban J connectivity index is 1.75. The molecule has 2 aromatic carbocycles. The molecule has 0 bridgehead atoms. The Morgan fingerprint density at radius 3 is 2.39 bits per heavy atom. The van der Waals surface area contributed by atoms with E-state index in [1.54, 1.807) is 51.1 Å². The van der Waals surface area contributed by atoms with Crippen molar-refractivity contribution in [2.45, 2.75) is 25.7 Å². The molecule has 0 aliphatic carbocycles. The monoisotopic (exact) mass is 490 g/mol. The van der Waals surface area contributed by atoms with E-state index in [9.17, 15) is 18.0 Å². The summed E-state index contributed by atoms with van der Waals surface area (Å²) in [5, 5.41) is 2.63. The number of hydrogen-bond donors (Lipinski definition) is 1. The van der Waals surface area contributed by atoms with Gasteiger partial charge in [0.05, 0.1) is 21.3 Å². The Hall–Kier alpha value is -3.30. The highest BCUT2D eigenvalue weighted by atomic mass is 35.5. The van der Waals surface area contributed by atoms with Crippen LogP contribution in [-0.2, 0) is 19.6 Å². The Labute approximate surface area is 197 Å². The highest BCUT2D eigenvalue weighted by molar-refractivity contribution is 7.92. The molecule has 174 valence electrons. The van der Waals surface area contributed by atoms with Crippen molar-refractivity contribution in [3.8, 4) is 0 Å². The number of hydrogen-bond acceptors (Lipinski definition) is 6. The van der Waals surface area contributed by atoms with E-state index in [1.807, 2.05) is 0 Å². The van der Waals surface area contributed by atoms with Crippen LogP contribution in [0.5, 0.6) is 0 Å². The number of nitrogens with one attached hydrogen (secondary N) is 1. The molecule has 0 saturated heterocycles. The molecule has 10 heteroatoms. The number of rotatable bonds is 8. The Morgan fingerprint density at radius 2 is 1.79 bits per heavy atom. The van der Waals surface area contributed by atoms with Crippen LogP contribution in [0.25, 0.3) is 0 Å². The molecule has 1 aromatic heterocycles. The van der Waals surface area contributed by atoms with Crippen molar-refractivity contribution < 1.29 is 27.2 Å². The number of anilines is 2. The maximum absolute atomic E-state index is 13.2. The van der Waals surface area contributed by atoms with Gasteiger partial charge < -0.3 is 14.5 Å². The van der Waals surface area contributed by atoms with Gasteiger partial charge in [0.2, 0.25) is 0 Å². The van der Waals surface area contributed by atoms with Crippen LogP contribution in [0.3, 0.4) is 0 Å². The van der Waals surface area contributed by atoms with Crippen LogP contribution in [0.15, 0.2) is 63.9 Å². The number of ether oxygens (including phenoxy) is 1. The fourth-order valence-corrected chi connectivity index (χ4v) is 4.87. The molecule has 0 radical (unpaired) electrons. The van der Waals surface area contributed by atoms with Gasteiger partial charge in [-0.15, -0.1) is 0 Å². The molecule has 0 aliphatic rings. The molecule has 33 heavy (non-hydrogen) atoms. The summed E-state index contributed by atoms with van der Waals surface area (Å²) in [5.74, 6) is -0.445. The first-order chi connectivity index (χ1) is 15.6. The van der Waals surface area contributed by atoms with E-state index in [0.717, 1.165) is 0 Å². The highest BCUT2D eigenvalue weighted by Gasteiger charge is 2.25. The number of sulfonamides is 1. The van der Waals surface area contributed by atoms with Crippen LogP contribution < -0.4 is 9.62 Å². The maximum Gasteiger partial charge on any atom is 0.342 e. The SMILES string of the molecule is CCN(c1ccccc1)S(=O)(=O)c1ccc(Cl)c(NC(=O)COC(=O)c2cc(C)oc2C)c1. The van der Waals surface area contributed by atoms with Gasteiger partial charge in [-0.1, -0.05) is 29.8 Å². The predicted octanol–water partition coefficient (Wildman–Crippen LogP) is 4.56. The molecule has 3 rings (SSSR count). The summed E-state index contributed by atoms with van der Waals surface area (Å²) in [6, 6.07) is 14.2. The van der Waals surface area contributed by atoms with Gasteiger partial charge in [0.15, 0.2) is 6.61 Å². The molecule has 0 atom stereocenters. The molecule has 1 heterocycles. The lowest BCUT2D eigenvalue weighted by atomic mass is 10.2. The zero-order valence-electron chi connectivity index (χ0n) is 18.3. The van der Waals surface area contributed by atoms with E-state index in [2.05, 4.69) is 5.32 Å². The first-order valence-electron chi connectivity index (χ1n) is 10.0. The first-order valence-corrected chi connectivity index (χ1v) is 11.9. The molecule has 1 amide bonds. The number of nitrogens with zero attached hydrogens (tertiary/aromatic N) is 1. The molecule has 0 aliphatic heterocycles. The van der Waals surface area contributed by atoms with E-state index >= 15 is 0 Å². The van der Waals surface area contributed by atoms with Gasteiger partial charge in [0, 0.05) is 6.54 Å². The molecule has 0 saturated carbocycles. The van der Waals surface area contributed by atoms with Crippen LogP contribution in [0.2, 0.25) is 5.02 Å². The van der Waals surface area contributed by atoms with Crippen molar-refractivity contribution in [3.63, 3.8) is 0 Å². The molecular weight excluding hydrogens is 468 g/mol. The summed E-state index contributed by atoms with van der Waals surface area (Å²) in [4.78, 5) is 24.4. The topological polar surface area (TPSA) is 106 Å². The van der Waals surface area contributed by atoms with Gasteiger partial charge in [-0.2, -0.15) is 0 Å². The summed E-state index contributed by atoms with van der Waals surface area (Å²) < 4.78 is 38.0. The van der Waals surface area contributed by atoms with E-state index in [1.165, 1.54) is 28.6 Å². The summed E-state index contributed by atoms with van der Waals surface area (Å²) in [6.07, 6.45) is 0. The van der Waals surface area contributed by atoms with Gasteiger partial charge in [-0.05, 0) is 57.2 Å². The number of aryl methyl sites for hydroxylation is 2. The molecule has 8 nitrogen and oxygen atoms in total. The fraction of sp³-hybridized carbons (Fsp3) is 0.217. The number of carbonyl (C=O) groups is 2. The first kappa shape index (κ1) is 24.3. The third-order valence-electron chi connectivity index (χ3n) is 4.73. The van der Waals surface area contributed by atoms with E-state index in [0.29, 0.717) is 17.2 Å².